The van der Waals surface area contributed by atoms with Crippen LogP contribution in [0.5, 0.6) is 0 Å². The molecule has 0 fully saturated rings. The molecule has 0 amide bonds. The molecule has 49 heavy (non-hydrogen) atoms. The van der Waals surface area contributed by atoms with Crippen LogP contribution in [0.3, 0.4) is 0 Å². The lowest BCUT2D eigenvalue weighted by Gasteiger charge is -2.48. The summed E-state index contributed by atoms with van der Waals surface area (Å²) in [7, 11) is 0. The van der Waals surface area contributed by atoms with Crippen LogP contribution in [0.2, 0.25) is 0 Å². The van der Waals surface area contributed by atoms with Crippen molar-refractivity contribution in [1.82, 2.24) is 0 Å². The number of carbonyl (C=O) groups excluding carboxylic acids is 5. The molecule has 254 valence electrons. The van der Waals surface area contributed by atoms with Crippen molar-refractivity contribution in [2.75, 3.05) is 0 Å². The van der Waals surface area contributed by atoms with Crippen LogP contribution in [0.4, 0.5) is 0 Å². The van der Waals surface area contributed by atoms with Gasteiger partial charge in [0.15, 0.2) is 6.10 Å². The van der Waals surface area contributed by atoms with E-state index in [0.29, 0.717) is 0 Å². The van der Waals surface area contributed by atoms with E-state index < -0.39 is 69.5 Å². The van der Waals surface area contributed by atoms with Crippen molar-refractivity contribution in [3.05, 3.63) is 144 Å². The molecule has 4 rings (SSSR count). The Bertz CT molecular complexity index is 1790. The number of benzene rings is 4. The van der Waals surface area contributed by atoms with Gasteiger partial charge in [-0.25, -0.2) is 19.2 Å². The van der Waals surface area contributed by atoms with Gasteiger partial charge >= 0.3 is 41.2 Å². The number of carbonyl (C=O) groups is 5. The standard InChI is InChI=1S/C34H27BrO14/c35-31(42)33(44,48-28(39)23-17-9-3-10-18-23)34(45,49-29(40)24-19-11-4-12-20-24)32(43,47-27(38)22-15-7-2-8-16-22)25(36)30(41)46-26(37)21-13-5-1-6-14-21/h1-20,25,30,36,41,43-45H/t25-,30?,32+,33-,34-/m1/s1. The summed E-state index contributed by atoms with van der Waals surface area (Å²) in [4.78, 5) is 65.8. The van der Waals surface area contributed by atoms with Crippen LogP contribution < -0.4 is 0 Å². The lowest BCUT2D eigenvalue weighted by atomic mass is 9.90. The van der Waals surface area contributed by atoms with Crippen LogP contribution in [-0.2, 0) is 23.7 Å². The zero-order valence-corrected chi connectivity index (χ0v) is 26.6. The Balaban J connectivity index is 1.91. The number of aliphatic hydroxyl groups excluding tert-OH is 2. The molecule has 5 N–H and O–H groups in total. The van der Waals surface area contributed by atoms with Crippen LogP contribution in [-0.4, -0.2) is 83.9 Å². The number of hydrogen-bond donors (Lipinski definition) is 5. The third kappa shape index (κ3) is 7.73. The van der Waals surface area contributed by atoms with E-state index in [9.17, 15) is 49.5 Å². The van der Waals surface area contributed by atoms with Crippen LogP contribution in [0.1, 0.15) is 41.4 Å². The van der Waals surface area contributed by atoms with Gasteiger partial charge in [-0.2, -0.15) is 0 Å². The number of esters is 4. The summed E-state index contributed by atoms with van der Waals surface area (Å²) in [6.07, 6.45) is -6.29. The Morgan fingerprint density at radius 2 is 0.837 bits per heavy atom. The van der Waals surface area contributed by atoms with E-state index in [4.69, 9.17) is 18.9 Å². The summed E-state index contributed by atoms with van der Waals surface area (Å²) < 4.78 is 17.9. The van der Waals surface area contributed by atoms with Crippen LogP contribution in [0, 0.1) is 0 Å². The van der Waals surface area contributed by atoms with Gasteiger partial charge in [0.1, 0.15) is 0 Å². The van der Waals surface area contributed by atoms with Gasteiger partial charge in [-0.1, -0.05) is 72.8 Å². The maximum absolute atomic E-state index is 13.4. The molecule has 1 unspecified atom stereocenters. The van der Waals surface area contributed by atoms with E-state index in [2.05, 4.69) is 15.9 Å². The summed E-state index contributed by atoms with van der Waals surface area (Å²) in [5, 5.41) is 58.2. The fraction of sp³-hybridized carbons (Fsp3) is 0.147. The molecule has 0 aliphatic rings. The Morgan fingerprint density at radius 1 is 0.510 bits per heavy atom. The molecule has 0 radical (unpaired) electrons. The average molecular weight is 739 g/mol. The molecule has 0 spiro atoms. The smallest absolute Gasteiger partial charge is 0.356 e. The minimum atomic E-state index is -4.60. The van der Waals surface area contributed by atoms with Crippen molar-refractivity contribution in [1.29, 1.82) is 0 Å². The number of halogens is 1. The van der Waals surface area contributed by atoms with Gasteiger partial charge in [-0.3, -0.25) is 4.79 Å². The van der Waals surface area contributed by atoms with E-state index in [1.165, 1.54) is 78.9 Å². The third-order valence-electron chi connectivity index (χ3n) is 6.88. The Kier molecular flexibility index (Phi) is 11.4. The SMILES string of the molecule is O=C(OC(O)[C@@H](O)[C@](O)(OC(=O)c1ccccc1)[C@@](O)(OC(=O)c1ccccc1)[C@](O)(OC(=O)c1ccccc1)C(=O)Br)c1ccccc1. The van der Waals surface area contributed by atoms with Gasteiger partial charge in [0.25, 0.3) is 4.69 Å². The van der Waals surface area contributed by atoms with E-state index in [1.54, 1.807) is 6.07 Å². The Hall–Kier alpha value is -5.29. The summed E-state index contributed by atoms with van der Waals surface area (Å²) in [5.74, 6) is -19.5. The quantitative estimate of drug-likeness (QED) is 0.0574. The fourth-order valence-electron chi connectivity index (χ4n) is 4.28. The summed E-state index contributed by atoms with van der Waals surface area (Å²) in [6.45, 7) is 0. The number of aliphatic hydroxyl groups is 5. The van der Waals surface area contributed by atoms with Gasteiger partial charge in [-0.15, -0.1) is 0 Å². The number of ether oxygens (including phenoxy) is 4. The highest BCUT2D eigenvalue weighted by Crippen LogP contribution is 2.43. The number of rotatable bonds is 13. The molecule has 0 aliphatic heterocycles. The van der Waals surface area contributed by atoms with Crippen molar-refractivity contribution in [2.45, 2.75) is 29.8 Å². The number of hydrogen-bond acceptors (Lipinski definition) is 14. The monoisotopic (exact) mass is 738 g/mol. The molecule has 5 atom stereocenters. The molecule has 0 heterocycles. The highest BCUT2D eigenvalue weighted by Gasteiger charge is 2.77. The zero-order valence-electron chi connectivity index (χ0n) is 25.0. The lowest BCUT2D eigenvalue weighted by molar-refractivity contribution is -0.451. The second kappa shape index (κ2) is 15.3. The van der Waals surface area contributed by atoms with E-state index >= 15 is 0 Å². The van der Waals surface area contributed by atoms with Gasteiger partial charge < -0.3 is 44.5 Å². The maximum atomic E-state index is 13.4. The molecule has 14 nitrogen and oxygen atoms in total. The predicted molar refractivity (Wildman–Crippen MR) is 168 cm³/mol. The first-order valence-electron chi connectivity index (χ1n) is 14.1. The first-order valence-corrected chi connectivity index (χ1v) is 14.9. The van der Waals surface area contributed by atoms with Crippen LogP contribution in [0.25, 0.3) is 0 Å². The summed E-state index contributed by atoms with van der Waals surface area (Å²) in [5.41, 5.74) is -1.35. The predicted octanol–water partition coefficient (Wildman–Crippen LogP) is 2.08. The first kappa shape index (κ1) is 36.5. The summed E-state index contributed by atoms with van der Waals surface area (Å²) in [6, 6.07) is 26.2. The van der Waals surface area contributed by atoms with Gasteiger partial charge in [0.05, 0.1) is 22.3 Å². The molecule has 0 aliphatic carbocycles. The normalized spacial score (nSPS) is 15.9. The molecule has 0 saturated heterocycles. The molecule has 4 aromatic rings. The lowest BCUT2D eigenvalue weighted by Crippen LogP contribution is -2.78. The molecule has 4 aromatic carbocycles. The highest BCUT2D eigenvalue weighted by atomic mass is 79.9. The highest BCUT2D eigenvalue weighted by molar-refractivity contribution is 9.18. The Morgan fingerprint density at radius 3 is 1.20 bits per heavy atom. The van der Waals surface area contributed by atoms with Crippen molar-refractivity contribution in [2.24, 2.45) is 0 Å². The molecular weight excluding hydrogens is 712 g/mol. The molecule has 0 bridgehead atoms. The molecule has 0 saturated carbocycles. The third-order valence-corrected chi connectivity index (χ3v) is 7.41. The fourth-order valence-corrected chi connectivity index (χ4v) is 4.63. The molecular formula is C34H27BrO14. The van der Waals surface area contributed by atoms with Gasteiger partial charge in [0, 0.05) is 0 Å². The van der Waals surface area contributed by atoms with Crippen molar-refractivity contribution < 1.29 is 68.5 Å². The largest absolute Gasteiger partial charge is 0.429 e. The topological polar surface area (TPSA) is 223 Å². The van der Waals surface area contributed by atoms with E-state index in [-0.39, 0.29) is 11.1 Å². The second-order valence-electron chi connectivity index (χ2n) is 10.1. The van der Waals surface area contributed by atoms with Crippen LogP contribution >= 0.6 is 15.9 Å². The molecule has 0 aromatic heterocycles. The zero-order chi connectivity index (χ0) is 35.8. The minimum Gasteiger partial charge on any atom is -0.429 e. The molecule has 15 heteroatoms. The maximum Gasteiger partial charge on any atom is 0.356 e. The van der Waals surface area contributed by atoms with Crippen molar-refractivity contribution >= 4 is 44.5 Å². The van der Waals surface area contributed by atoms with Crippen molar-refractivity contribution in [3.8, 4) is 0 Å². The first-order chi connectivity index (χ1) is 23.2. The second-order valence-corrected chi connectivity index (χ2v) is 10.9. The van der Waals surface area contributed by atoms with E-state index in [1.807, 2.05) is 0 Å². The van der Waals surface area contributed by atoms with Crippen molar-refractivity contribution in [3.63, 3.8) is 0 Å². The van der Waals surface area contributed by atoms with E-state index in [0.717, 1.165) is 36.4 Å². The average Bonchev–Trinajstić information content (AvgIpc) is 3.12. The Labute approximate surface area is 285 Å². The van der Waals surface area contributed by atoms with Gasteiger partial charge in [0.2, 0.25) is 6.29 Å². The minimum absolute atomic E-state index is 0.187. The summed E-state index contributed by atoms with van der Waals surface area (Å²) >= 11 is 2.34. The van der Waals surface area contributed by atoms with Crippen LogP contribution in [0.15, 0.2) is 121 Å². The van der Waals surface area contributed by atoms with Gasteiger partial charge in [-0.05, 0) is 64.5 Å².